The normalized spacial score (nSPS) is 12.0. The summed E-state index contributed by atoms with van der Waals surface area (Å²) in [6.45, 7) is 3.74. The number of benzene rings is 2. The number of likely N-dealkylation sites (N-methyl/N-ethyl adjacent to an activating group) is 1. The van der Waals surface area contributed by atoms with E-state index in [1.807, 2.05) is 18.2 Å². The van der Waals surface area contributed by atoms with Crippen LogP contribution in [0, 0.1) is 0 Å². The molecule has 0 aliphatic heterocycles. The van der Waals surface area contributed by atoms with E-state index in [1.165, 1.54) is 21.6 Å². The molecule has 3 nitrogen and oxygen atoms in total. The zero-order chi connectivity index (χ0) is 17.4. The highest BCUT2D eigenvalue weighted by Gasteiger charge is 2.17. The minimum Gasteiger partial charge on any atom is -0.359 e. The number of rotatable bonds is 7. The first-order valence-corrected chi connectivity index (χ1v) is 8.95. The summed E-state index contributed by atoms with van der Waals surface area (Å²) in [6.07, 6.45) is 1.07. The zero-order valence-corrected chi connectivity index (χ0v) is 15.6. The van der Waals surface area contributed by atoms with Crippen molar-refractivity contribution >= 4 is 17.3 Å². The Morgan fingerprint density at radius 1 is 0.958 bits per heavy atom. The average Bonchev–Trinajstić information content (AvgIpc) is 2.61. The Bertz CT molecular complexity index is 623. The van der Waals surface area contributed by atoms with Gasteiger partial charge in [-0.1, -0.05) is 61.5 Å². The molecule has 2 rings (SSSR count). The highest BCUT2D eigenvalue weighted by Crippen LogP contribution is 2.11. The van der Waals surface area contributed by atoms with Gasteiger partial charge in [0.2, 0.25) is 0 Å². The van der Waals surface area contributed by atoms with Crippen molar-refractivity contribution in [3.8, 4) is 0 Å². The number of hydrogen-bond donors (Lipinski definition) is 3. The molecule has 0 spiro atoms. The number of nitrogens with one attached hydrogen (secondary N) is 3. The fourth-order valence-corrected chi connectivity index (χ4v) is 2.83. The fourth-order valence-electron chi connectivity index (χ4n) is 2.68. The summed E-state index contributed by atoms with van der Waals surface area (Å²) >= 11 is 5.42. The SMILES string of the molecule is CCc1ccc([C@H](CNC(=S)NCc2ccccc2)[NH+](C)C)cc1. The molecule has 0 amide bonds. The van der Waals surface area contributed by atoms with Crippen molar-refractivity contribution in [2.75, 3.05) is 20.6 Å². The molecule has 1 atom stereocenters. The number of quaternary nitrogens is 1. The molecule has 4 heteroatoms. The predicted octanol–water partition coefficient (Wildman–Crippen LogP) is 2.10. The first-order chi connectivity index (χ1) is 11.6. The summed E-state index contributed by atoms with van der Waals surface area (Å²) in [5.74, 6) is 0. The lowest BCUT2D eigenvalue weighted by atomic mass is 10.0. The molecule has 3 N–H and O–H groups in total. The second kappa shape index (κ2) is 9.40. The van der Waals surface area contributed by atoms with Crippen molar-refractivity contribution in [3.05, 3.63) is 71.3 Å². The molecule has 128 valence electrons. The third-order valence-electron chi connectivity index (χ3n) is 4.25. The van der Waals surface area contributed by atoms with Crippen LogP contribution >= 0.6 is 12.2 Å². The van der Waals surface area contributed by atoms with Crippen LogP contribution in [0.1, 0.15) is 29.7 Å². The van der Waals surface area contributed by atoms with Gasteiger partial charge in [0.15, 0.2) is 5.11 Å². The van der Waals surface area contributed by atoms with Crippen LogP contribution in [0.25, 0.3) is 0 Å². The molecule has 0 aliphatic carbocycles. The maximum atomic E-state index is 5.42. The van der Waals surface area contributed by atoms with Gasteiger partial charge in [-0.15, -0.1) is 0 Å². The molecular formula is C20H28N3S+. The number of aryl methyl sites for hydroxylation is 1. The Hall–Kier alpha value is -1.91. The van der Waals surface area contributed by atoms with Crippen molar-refractivity contribution in [1.29, 1.82) is 0 Å². The quantitative estimate of drug-likeness (QED) is 0.673. The smallest absolute Gasteiger partial charge is 0.166 e. The molecule has 0 heterocycles. The lowest BCUT2D eigenvalue weighted by Gasteiger charge is -2.23. The van der Waals surface area contributed by atoms with Gasteiger partial charge < -0.3 is 15.5 Å². The molecule has 0 radical (unpaired) electrons. The van der Waals surface area contributed by atoms with Crippen LogP contribution in [0.3, 0.4) is 0 Å². The summed E-state index contributed by atoms with van der Waals surface area (Å²) in [5, 5.41) is 7.34. The van der Waals surface area contributed by atoms with Gasteiger partial charge in [-0.2, -0.15) is 0 Å². The van der Waals surface area contributed by atoms with Gasteiger partial charge in [-0.05, 0) is 29.8 Å². The molecule has 0 saturated heterocycles. The van der Waals surface area contributed by atoms with Gasteiger partial charge in [-0.25, -0.2) is 0 Å². The molecule has 2 aromatic carbocycles. The van der Waals surface area contributed by atoms with Crippen LogP contribution in [-0.2, 0) is 13.0 Å². The molecule has 0 bridgehead atoms. The van der Waals surface area contributed by atoms with E-state index in [2.05, 4.69) is 68.1 Å². The monoisotopic (exact) mass is 342 g/mol. The lowest BCUT2D eigenvalue weighted by molar-refractivity contribution is -0.890. The van der Waals surface area contributed by atoms with E-state index in [-0.39, 0.29) is 0 Å². The van der Waals surface area contributed by atoms with Crippen LogP contribution in [0.15, 0.2) is 54.6 Å². The minimum atomic E-state index is 0.368. The topological polar surface area (TPSA) is 28.5 Å². The van der Waals surface area contributed by atoms with Crippen molar-refractivity contribution < 1.29 is 4.90 Å². The predicted molar refractivity (Wildman–Crippen MR) is 105 cm³/mol. The molecule has 24 heavy (non-hydrogen) atoms. The van der Waals surface area contributed by atoms with Crippen LogP contribution in [0.4, 0.5) is 0 Å². The molecule has 0 fully saturated rings. The summed E-state index contributed by atoms with van der Waals surface area (Å²) < 4.78 is 0. The molecule has 0 saturated carbocycles. The van der Waals surface area contributed by atoms with E-state index in [1.54, 1.807) is 0 Å². The first kappa shape index (κ1) is 18.4. The van der Waals surface area contributed by atoms with E-state index in [4.69, 9.17) is 12.2 Å². The van der Waals surface area contributed by atoms with Gasteiger partial charge >= 0.3 is 0 Å². The van der Waals surface area contributed by atoms with E-state index in [0.29, 0.717) is 11.2 Å². The summed E-state index contributed by atoms with van der Waals surface area (Å²) in [5.41, 5.74) is 3.94. The summed E-state index contributed by atoms with van der Waals surface area (Å²) in [6, 6.07) is 19.6. The van der Waals surface area contributed by atoms with Gasteiger partial charge in [-0.3, -0.25) is 0 Å². The Morgan fingerprint density at radius 3 is 2.21 bits per heavy atom. The third-order valence-corrected chi connectivity index (χ3v) is 4.54. The van der Waals surface area contributed by atoms with Gasteiger partial charge in [0.1, 0.15) is 6.04 Å². The lowest BCUT2D eigenvalue weighted by Crippen LogP contribution is -3.07. The Balaban J connectivity index is 1.87. The molecule has 2 aromatic rings. The highest BCUT2D eigenvalue weighted by atomic mass is 32.1. The maximum Gasteiger partial charge on any atom is 0.166 e. The minimum absolute atomic E-state index is 0.368. The Kier molecular flexibility index (Phi) is 7.22. The standard InChI is InChI=1S/C20H27N3S/c1-4-16-10-12-18(13-11-16)19(23(2)3)15-22-20(24)21-14-17-8-6-5-7-9-17/h5-13,19H,4,14-15H2,1-3H3,(H2,21,22,24)/p+1/t19-/m0/s1. The second-order valence-electron chi connectivity index (χ2n) is 6.27. The summed E-state index contributed by atoms with van der Waals surface area (Å²) in [4.78, 5) is 1.39. The van der Waals surface area contributed by atoms with Crippen LogP contribution < -0.4 is 15.5 Å². The van der Waals surface area contributed by atoms with Gasteiger partial charge in [0, 0.05) is 12.1 Å². The molecule has 0 aliphatic rings. The van der Waals surface area contributed by atoms with Crippen molar-refractivity contribution in [3.63, 3.8) is 0 Å². The highest BCUT2D eigenvalue weighted by molar-refractivity contribution is 7.80. The zero-order valence-electron chi connectivity index (χ0n) is 14.8. The van der Waals surface area contributed by atoms with E-state index in [9.17, 15) is 0 Å². The van der Waals surface area contributed by atoms with E-state index >= 15 is 0 Å². The Labute approximate surface area is 151 Å². The number of hydrogen-bond acceptors (Lipinski definition) is 1. The maximum absolute atomic E-state index is 5.42. The fraction of sp³-hybridized carbons (Fsp3) is 0.350. The van der Waals surface area contributed by atoms with Crippen molar-refractivity contribution in [2.45, 2.75) is 25.9 Å². The van der Waals surface area contributed by atoms with Crippen molar-refractivity contribution in [2.24, 2.45) is 0 Å². The second-order valence-corrected chi connectivity index (χ2v) is 6.68. The van der Waals surface area contributed by atoms with E-state index in [0.717, 1.165) is 19.5 Å². The molecule has 0 aromatic heterocycles. The molecular weight excluding hydrogens is 314 g/mol. The van der Waals surface area contributed by atoms with Crippen LogP contribution in [-0.4, -0.2) is 25.8 Å². The first-order valence-electron chi connectivity index (χ1n) is 8.54. The largest absolute Gasteiger partial charge is 0.359 e. The molecule has 0 unspecified atom stereocenters. The van der Waals surface area contributed by atoms with Gasteiger partial charge in [0.25, 0.3) is 0 Å². The third kappa shape index (κ3) is 5.62. The van der Waals surface area contributed by atoms with Crippen LogP contribution in [0.2, 0.25) is 0 Å². The average molecular weight is 343 g/mol. The number of thiocarbonyl (C=S) groups is 1. The van der Waals surface area contributed by atoms with Crippen molar-refractivity contribution in [1.82, 2.24) is 10.6 Å². The van der Waals surface area contributed by atoms with E-state index < -0.39 is 0 Å². The van der Waals surface area contributed by atoms with Gasteiger partial charge in [0.05, 0.1) is 20.6 Å². The van der Waals surface area contributed by atoms with Crippen LogP contribution in [0.5, 0.6) is 0 Å². The Morgan fingerprint density at radius 2 is 1.62 bits per heavy atom. The summed E-state index contributed by atoms with van der Waals surface area (Å²) in [7, 11) is 4.36.